The van der Waals surface area contributed by atoms with Crippen molar-refractivity contribution >= 4 is 23.1 Å². The van der Waals surface area contributed by atoms with Crippen molar-refractivity contribution in [1.82, 2.24) is 0 Å². The maximum atomic E-state index is 13.5. The molecule has 0 saturated carbocycles. The van der Waals surface area contributed by atoms with Crippen molar-refractivity contribution in [3.05, 3.63) is 71.3 Å². The Morgan fingerprint density at radius 2 is 1.42 bits per heavy atom. The maximum Gasteiger partial charge on any atom is 0.300 e. The first-order valence-corrected chi connectivity index (χ1v) is 11.6. The first-order chi connectivity index (χ1) is 18.4. The van der Waals surface area contributed by atoms with Gasteiger partial charge >= 0.3 is 0 Å². The lowest BCUT2D eigenvalue weighted by Crippen LogP contribution is -2.29. The maximum absolute atomic E-state index is 13.5. The highest BCUT2D eigenvalue weighted by molar-refractivity contribution is 6.51. The zero-order valence-corrected chi connectivity index (χ0v) is 21.1. The Morgan fingerprint density at radius 3 is 2.11 bits per heavy atom. The van der Waals surface area contributed by atoms with Crippen molar-refractivity contribution in [2.75, 3.05) is 40.1 Å². The molecule has 196 valence electrons. The van der Waals surface area contributed by atoms with Crippen LogP contribution in [-0.2, 0) is 9.59 Å². The van der Waals surface area contributed by atoms with Crippen LogP contribution in [0.15, 0.2) is 60.2 Å². The summed E-state index contributed by atoms with van der Waals surface area (Å²) in [5.74, 6) is 0.593. The molecule has 0 aromatic heterocycles. The zero-order chi connectivity index (χ0) is 27.0. The molecule has 3 aromatic rings. The number of anilines is 1. The second-order valence-corrected chi connectivity index (χ2v) is 8.39. The Labute approximate surface area is 218 Å². The standard InChI is InChI=1S/C28H25NO9/c1-33-18-8-5-15(11-21(18)35-3)25-24(26(30)16-6-9-19(34-2)22(12-16)36-4)27(31)28(32)29(25)17-7-10-20-23(13-17)38-14-37-20/h5-13,25,30H,14H2,1-4H3/b26-24+. The van der Waals surface area contributed by atoms with Gasteiger partial charge in [-0.05, 0) is 48.0 Å². The van der Waals surface area contributed by atoms with Crippen molar-refractivity contribution in [2.24, 2.45) is 0 Å². The minimum absolute atomic E-state index is 0.0516. The zero-order valence-electron chi connectivity index (χ0n) is 21.1. The van der Waals surface area contributed by atoms with E-state index in [1.807, 2.05) is 0 Å². The van der Waals surface area contributed by atoms with E-state index in [1.54, 1.807) is 48.5 Å². The van der Waals surface area contributed by atoms with Crippen LogP contribution in [0.1, 0.15) is 17.2 Å². The Balaban J connectivity index is 1.72. The molecule has 5 rings (SSSR count). The molecule has 0 spiro atoms. The van der Waals surface area contributed by atoms with Crippen molar-refractivity contribution in [3.63, 3.8) is 0 Å². The number of ether oxygens (including phenoxy) is 6. The number of fused-ring (bicyclic) bond motifs is 1. The summed E-state index contributed by atoms with van der Waals surface area (Å²) < 4.78 is 32.4. The van der Waals surface area contributed by atoms with Gasteiger partial charge in [-0.25, -0.2) is 0 Å². The van der Waals surface area contributed by atoms with Gasteiger partial charge in [0.1, 0.15) is 5.76 Å². The molecule has 1 N–H and O–H groups in total. The first kappa shape index (κ1) is 24.8. The summed E-state index contributed by atoms with van der Waals surface area (Å²) in [6.07, 6.45) is 0. The second kappa shape index (κ2) is 9.89. The van der Waals surface area contributed by atoms with Crippen LogP contribution in [0, 0.1) is 0 Å². The number of aliphatic hydroxyl groups excluding tert-OH is 1. The molecule has 38 heavy (non-hydrogen) atoms. The predicted molar refractivity (Wildman–Crippen MR) is 136 cm³/mol. The number of benzene rings is 3. The van der Waals surface area contributed by atoms with Crippen molar-refractivity contribution in [1.29, 1.82) is 0 Å². The molecule has 2 heterocycles. The Kier molecular flexibility index (Phi) is 6.46. The quantitative estimate of drug-likeness (QED) is 0.280. The number of carbonyl (C=O) groups is 2. The smallest absolute Gasteiger partial charge is 0.300 e. The molecule has 1 saturated heterocycles. The van der Waals surface area contributed by atoms with Gasteiger partial charge in [0, 0.05) is 17.3 Å². The SMILES string of the molecule is COc1ccc(/C(O)=C2\C(=O)C(=O)N(c3ccc4c(c3)OCO4)C2c2ccc(OC)c(OC)c2)cc1OC. The summed E-state index contributed by atoms with van der Waals surface area (Å²) in [5, 5.41) is 11.5. The van der Waals surface area contributed by atoms with E-state index in [1.165, 1.54) is 39.4 Å². The first-order valence-electron chi connectivity index (χ1n) is 11.6. The van der Waals surface area contributed by atoms with Gasteiger partial charge in [-0.2, -0.15) is 0 Å². The van der Waals surface area contributed by atoms with Crippen LogP contribution in [-0.4, -0.2) is 52.0 Å². The Bertz CT molecular complexity index is 1460. The predicted octanol–water partition coefficient (Wildman–Crippen LogP) is 4.08. The van der Waals surface area contributed by atoms with E-state index in [0.29, 0.717) is 45.7 Å². The van der Waals surface area contributed by atoms with Crippen LogP contribution >= 0.6 is 0 Å². The normalized spacial score (nSPS) is 17.5. The second-order valence-electron chi connectivity index (χ2n) is 8.39. The summed E-state index contributed by atoms with van der Waals surface area (Å²) in [6, 6.07) is 13.7. The summed E-state index contributed by atoms with van der Waals surface area (Å²) in [7, 11) is 5.95. The van der Waals surface area contributed by atoms with E-state index in [4.69, 9.17) is 28.4 Å². The van der Waals surface area contributed by atoms with E-state index < -0.39 is 17.7 Å². The average Bonchev–Trinajstić information content (AvgIpc) is 3.53. The number of carbonyl (C=O) groups excluding carboxylic acids is 2. The number of methoxy groups -OCH3 is 4. The number of nitrogens with zero attached hydrogens (tertiary/aromatic N) is 1. The lowest BCUT2D eigenvalue weighted by molar-refractivity contribution is -0.132. The van der Waals surface area contributed by atoms with E-state index in [2.05, 4.69) is 0 Å². The van der Waals surface area contributed by atoms with Gasteiger partial charge in [0.05, 0.1) is 40.1 Å². The van der Waals surface area contributed by atoms with Crippen molar-refractivity contribution < 1.29 is 43.1 Å². The van der Waals surface area contributed by atoms with E-state index in [0.717, 1.165) is 0 Å². The summed E-state index contributed by atoms with van der Waals surface area (Å²) in [6.45, 7) is 0.0516. The van der Waals surface area contributed by atoms with Crippen LogP contribution < -0.4 is 33.3 Å². The van der Waals surface area contributed by atoms with Gasteiger partial charge in [0.15, 0.2) is 34.5 Å². The van der Waals surface area contributed by atoms with Gasteiger partial charge in [0.25, 0.3) is 11.7 Å². The van der Waals surface area contributed by atoms with Crippen LogP contribution in [0.25, 0.3) is 5.76 Å². The Morgan fingerprint density at radius 1 is 0.789 bits per heavy atom. The highest BCUT2D eigenvalue weighted by atomic mass is 16.7. The van der Waals surface area contributed by atoms with Crippen molar-refractivity contribution in [3.8, 4) is 34.5 Å². The lowest BCUT2D eigenvalue weighted by atomic mass is 9.94. The highest BCUT2D eigenvalue weighted by Gasteiger charge is 2.47. The molecule has 3 aromatic carbocycles. The number of hydrogen-bond acceptors (Lipinski definition) is 9. The third kappa shape index (κ3) is 4.00. The number of ketones is 1. The fraction of sp³-hybridized carbons (Fsp3) is 0.214. The molecule has 0 aliphatic carbocycles. The van der Waals surface area contributed by atoms with Crippen molar-refractivity contribution in [2.45, 2.75) is 6.04 Å². The fourth-order valence-electron chi connectivity index (χ4n) is 4.61. The molecule has 10 heteroatoms. The molecular formula is C28H25NO9. The monoisotopic (exact) mass is 519 g/mol. The minimum atomic E-state index is -0.997. The average molecular weight is 520 g/mol. The van der Waals surface area contributed by atoms with E-state index in [-0.39, 0.29) is 23.7 Å². The number of aliphatic hydroxyl groups is 1. The Hall–Kier alpha value is -4.86. The third-order valence-electron chi connectivity index (χ3n) is 6.46. The third-order valence-corrected chi connectivity index (χ3v) is 6.46. The molecule has 1 unspecified atom stereocenters. The molecule has 1 atom stereocenters. The van der Waals surface area contributed by atoms with Gasteiger partial charge < -0.3 is 33.5 Å². The van der Waals surface area contributed by atoms with E-state index >= 15 is 0 Å². The molecule has 2 aliphatic heterocycles. The van der Waals surface area contributed by atoms with Gasteiger partial charge in [0.2, 0.25) is 6.79 Å². The van der Waals surface area contributed by atoms with Crippen LogP contribution in [0.4, 0.5) is 5.69 Å². The number of Topliss-reactive ketones (excluding diaryl/α,β-unsaturated/α-hetero) is 1. The number of amides is 1. The molecule has 10 nitrogen and oxygen atoms in total. The van der Waals surface area contributed by atoms with Gasteiger partial charge in [-0.15, -0.1) is 0 Å². The molecule has 1 amide bonds. The number of rotatable bonds is 7. The largest absolute Gasteiger partial charge is 0.507 e. The van der Waals surface area contributed by atoms with Crippen LogP contribution in [0.3, 0.4) is 0 Å². The lowest BCUT2D eigenvalue weighted by Gasteiger charge is -2.26. The van der Waals surface area contributed by atoms with Gasteiger partial charge in [-0.3, -0.25) is 14.5 Å². The summed E-state index contributed by atoms with van der Waals surface area (Å²) in [4.78, 5) is 28.3. The van der Waals surface area contributed by atoms with Crippen LogP contribution in [0.5, 0.6) is 34.5 Å². The molecule has 1 fully saturated rings. The molecular weight excluding hydrogens is 494 g/mol. The minimum Gasteiger partial charge on any atom is -0.507 e. The number of hydrogen-bond donors (Lipinski definition) is 1. The molecule has 2 aliphatic rings. The topological polar surface area (TPSA) is 113 Å². The summed E-state index contributed by atoms with van der Waals surface area (Å²) >= 11 is 0. The van der Waals surface area contributed by atoms with Gasteiger partial charge in [-0.1, -0.05) is 6.07 Å². The van der Waals surface area contributed by atoms with E-state index in [9.17, 15) is 14.7 Å². The summed E-state index contributed by atoms with van der Waals surface area (Å²) in [5.41, 5.74) is 1.08. The fourth-order valence-corrected chi connectivity index (χ4v) is 4.61. The molecule has 0 radical (unpaired) electrons. The molecule has 0 bridgehead atoms. The van der Waals surface area contributed by atoms with Crippen LogP contribution in [0.2, 0.25) is 0 Å². The highest BCUT2D eigenvalue weighted by Crippen LogP contribution is 2.46.